The Hall–Kier alpha value is -1.08. The molecule has 0 atom stereocenters. The van der Waals surface area contributed by atoms with Gasteiger partial charge in [-0.3, -0.25) is 4.79 Å². The number of hydrogen-bond acceptors (Lipinski definition) is 5. The summed E-state index contributed by atoms with van der Waals surface area (Å²) in [5, 5.41) is 3.50. The van der Waals surface area contributed by atoms with Crippen LogP contribution >= 0.6 is 36.2 Å². The van der Waals surface area contributed by atoms with Crippen LogP contribution in [0.5, 0.6) is 0 Å². The third kappa shape index (κ3) is 5.32. The quantitative estimate of drug-likeness (QED) is 0.886. The molecule has 0 unspecified atom stereocenters. The summed E-state index contributed by atoms with van der Waals surface area (Å²) in [5.74, 6) is 0.469. The average molecular weight is 352 g/mol. The van der Waals surface area contributed by atoms with Gasteiger partial charge in [0.2, 0.25) is 0 Å². The number of hydrogen-bond donors (Lipinski definition) is 2. The Morgan fingerprint density at radius 2 is 2.14 bits per heavy atom. The van der Waals surface area contributed by atoms with Gasteiger partial charge in [-0.2, -0.15) is 0 Å². The maximum atomic E-state index is 12.0. The van der Waals surface area contributed by atoms with Gasteiger partial charge in [-0.25, -0.2) is 4.98 Å². The lowest BCUT2D eigenvalue weighted by atomic mass is 10.1. The van der Waals surface area contributed by atoms with Crippen molar-refractivity contribution in [1.82, 2.24) is 10.3 Å². The second kappa shape index (κ2) is 7.79. The van der Waals surface area contributed by atoms with Gasteiger partial charge in [0.1, 0.15) is 5.69 Å². The molecular formula is C13H19Cl2N3O2S. The summed E-state index contributed by atoms with van der Waals surface area (Å²) < 4.78 is 5.28. The first kappa shape index (κ1) is 19.9. The molecule has 0 saturated carbocycles. The zero-order valence-corrected chi connectivity index (χ0v) is 14.5. The van der Waals surface area contributed by atoms with Crippen LogP contribution in [0.2, 0.25) is 0 Å². The molecule has 0 saturated heterocycles. The summed E-state index contributed by atoms with van der Waals surface area (Å²) in [6, 6.07) is 3.62. The van der Waals surface area contributed by atoms with Crippen molar-refractivity contribution in [1.29, 1.82) is 0 Å². The summed E-state index contributed by atoms with van der Waals surface area (Å²) in [4.78, 5) is 17.2. The van der Waals surface area contributed by atoms with Crippen LogP contribution in [0.4, 0.5) is 0 Å². The molecule has 0 bridgehead atoms. The molecule has 2 heterocycles. The predicted octanol–water partition coefficient (Wildman–Crippen LogP) is 3.02. The molecule has 0 aliphatic rings. The van der Waals surface area contributed by atoms with Gasteiger partial charge in [-0.05, 0) is 32.9 Å². The molecule has 3 N–H and O–H groups in total. The van der Waals surface area contributed by atoms with E-state index < -0.39 is 5.54 Å². The number of rotatable bonds is 4. The number of nitrogens with one attached hydrogen (secondary N) is 1. The Balaban J connectivity index is 0.00000200. The van der Waals surface area contributed by atoms with Crippen molar-refractivity contribution in [2.24, 2.45) is 5.73 Å². The van der Waals surface area contributed by atoms with E-state index in [0.29, 0.717) is 23.0 Å². The molecule has 2 rings (SSSR count). The normalized spacial score (nSPS) is 10.5. The highest BCUT2D eigenvalue weighted by molar-refractivity contribution is 7.15. The molecule has 5 nitrogen and oxygen atoms in total. The van der Waals surface area contributed by atoms with E-state index in [2.05, 4.69) is 10.3 Å². The Labute approximate surface area is 140 Å². The molecule has 2 aromatic heterocycles. The number of carbonyl (C=O) groups excluding carboxylic acids is 1. The van der Waals surface area contributed by atoms with E-state index in [4.69, 9.17) is 10.2 Å². The van der Waals surface area contributed by atoms with Crippen LogP contribution in [0.25, 0.3) is 10.8 Å². The van der Waals surface area contributed by atoms with E-state index in [9.17, 15) is 4.79 Å². The summed E-state index contributed by atoms with van der Waals surface area (Å²) in [6.07, 6.45) is 1.59. The number of aromatic nitrogens is 1. The smallest absolute Gasteiger partial charge is 0.271 e. The van der Waals surface area contributed by atoms with Gasteiger partial charge in [0, 0.05) is 17.0 Å². The van der Waals surface area contributed by atoms with Gasteiger partial charge in [-0.1, -0.05) is 0 Å². The molecule has 21 heavy (non-hydrogen) atoms. The van der Waals surface area contributed by atoms with Crippen molar-refractivity contribution in [2.75, 3.05) is 6.54 Å². The van der Waals surface area contributed by atoms with Crippen molar-refractivity contribution >= 4 is 42.1 Å². The molecule has 2 aromatic rings. The topological polar surface area (TPSA) is 81.2 Å². The van der Waals surface area contributed by atoms with Crippen LogP contribution in [-0.4, -0.2) is 23.0 Å². The standard InChI is InChI=1S/C13H17N3O2S.2ClH/c1-8-10(11(17)15-7-13(2,3)14)16-12(19-8)9-5-4-6-18-9;;/h4-6H,7,14H2,1-3H3,(H,15,17);2*1H. The van der Waals surface area contributed by atoms with Gasteiger partial charge in [-0.15, -0.1) is 36.2 Å². The minimum Gasteiger partial charge on any atom is -0.462 e. The molecule has 118 valence electrons. The molecule has 1 amide bonds. The summed E-state index contributed by atoms with van der Waals surface area (Å²) in [5.41, 5.74) is 5.82. The third-order valence-corrected chi connectivity index (χ3v) is 3.43. The first-order valence-corrected chi connectivity index (χ1v) is 6.77. The van der Waals surface area contributed by atoms with Crippen molar-refractivity contribution in [3.8, 4) is 10.8 Å². The van der Waals surface area contributed by atoms with Crippen LogP contribution in [0, 0.1) is 6.92 Å². The maximum absolute atomic E-state index is 12.0. The third-order valence-electron chi connectivity index (χ3n) is 2.45. The van der Waals surface area contributed by atoms with Crippen LogP contribution in [-0.2, 0) is 0 Å². The largest absolute Gasteiger partial charge is 0.462 e. The van der Waals surface area contributed by atoms with E-state index in [1.54, 1.807) is 12.3 Å². The van der Waals surface area contributed by atoms with Crippen LogP contribution in [0.3, 0.4) is 0 Å². The summed E-state index contributed by atoms with van der Waals surface area (Å²) in [7, 11) is 0. The molecule has 0 radical (unpaired) electrons. The number of carbonyl (C=O) groups is 1. The van der Waals surface area contributed by atoms with Gasteiger partial charge < -0.3 is 15.5 Å². The monoisotopic (exact) mass is 351 g/mol. The lowest BCUT2D eigenvalue weighted by Crippen LogP contribution is -2.45. The SMILES string of the molecule is Cc1sc(-c2ccco2)nc1C(=O)NCC(C)(C)N.Cl.Cl. The highest BCUT2D eigenvalue weighted by Gasteiger charge is 2.19. The highest BCUT2D eigenvalue weighted by atomic mass is 35.5. The van der Waals surface area contributed by atoms with Gasteiger partial charge in [0.15, 0.2) is 10.8 Å². The molecule has 8 heteroatoms. The molecule has 0 aromatic carbocycles. The van der Waals surface area contributed by atoms with Crippen molar-refractivity contribution in [3.63, 3.8) is 0 Å². The highest BCUT2D eigenvalue weighted by Crippen LogP contribution is 2.27. The average Bonchev–Trinajstić information content (AvgIpc) is 2.93. The summed E-state index contributed by atoms with van der Waals surface area (Å²) in [6.45, 7) is 5.98. The number of furan rings is 1. The van der Waals surface area contributed by atoms with Crippen molar-refractivity contribution in [3.05, 3.63) is 29.0 Å². The van der Waals surface area contributed by atoms with E-state index in [1.807, 2.05) is 26.8 Å². The Kier molecular flexibility index (Phi) is 7.39. The first-order chi connectivity index (χ1) is 8.87. The molecule has 0 aliphatic heterocycles. The fourth-order valence-corrected chi connectivity index (χ4v) is 2.38. The second-order valence-corrected chi connectivity index (χ2v) is 6.28. The fourth-order valence-electron chi connectivity index (χ4n) is 1.50. The molecular weight excluding hydrogens is 333 g/mol. The minimum atomic E-state index is -0.441. The number of amides is 1. The van der Waals surface area contributed by atoms with Gasteiger partial charge in [0.05, 0.1) is 6.26 Å². The second-order valence-electron chi connectivity index (χ2n) is 5.07. The Morgan fingerprint density at radius 1 is 1.48 bits per heavy atom. The van der Waals surface area contributed by atoms with Crippen LogP contribution < -0.4 is 11.1 Å². The predicted molar refractivity (Wildman–Crippen MR) is 89.6 cm³/mol. The maximum Gasteiger partial charge on any atom is 0.271 e. The van der Waals surface area contributed by atoms with E-state index >= 15 is 0 Å². The number of nitrogens with two attached hydrogens (primary N) is 1. The lowest BCUT2D eigenvalue weighted by Gasteiger charge is -2.18. The zero-order valence-electron chi connectivity index (χ0n) is 12.0. The van der Waals surface area contributed by atoms with Crippen LogP contribution in [0.1, 0.15) is 29.2 Å². The van der Waals surface area contributed by atoms with E-state index in [0.717, 1.165) is 4.88 Å². The molecule has 0 spiro atoms. The number of halogens is 2. The van der Waals surface area contributed by atoms with E-state index in [-0.39, 0.29) is 30.7 Å². The molecule has 0 aliphatic carbocycles. The lowest BCUT2D eigenvalue weighted by molar-refractivity contribution is 0.0941. The van der Waals surface area contributed by atoms with Crippen molar-refractivity contribution < 1.29 is 9.21 Å². The van der Waals surface area contributed by atoms with Gasteiger partial charge >= 0.3 is 0 Å². The van der Waals surface area contributed by atoms with Crippen LogP contribution in [0.15, 0.2) is 22.8 Å². The van der Waals surface area contributed by atoms with Crippen molar-refractivity contribution in [2.45, 2.75) is 26.3 Å². The molecule has 0 fully saturated rings. The fraction of sp³-hybridized carbons (Fsp3) is 0.385. The minimum absolute atomic E-state index is 0. The number of thiazole rings is 1. The Bertz CT molecular complexity index is 577. The Morgan fingerprint density at radius 3 is 2.67 bits per heavy atom. The van der Waals surface area contributed by atoms with Gasteiger partial charge in [0.25, 0.3) is 5.91 Å². The first-order valence-electron chi connectivity index (χ1n) is 5.95. The summed E-state index contributed by atoms with van der Waals surface area (Å²) >= 11 is 1.44. The number of nitrogens with zero attached hydrogens (tertiary/aromatic N) is 1. The zero-order chi connectivity index (χ0) is 14.0. The van der Waals surface area contributed by atoms with E-state index in [1.165, 1.54) is 11.3 Å². The number of aryl methyl sites for hydroxylation is 1.